The molecule has 0 aromatic heterocycles. The van der Waals surface area contributed by atoms with E-state index in [-0.39, 0.29) is 23.7 Å². The highest BCUT2D eigenvalue weighted by atomic mass is 35.5. The first-order chi connectivity index (χ1) is 7.95. The first-order valence-electron chi connectivity index (χ1n) is 5.63. The molecule has 0 heterocycles. The second-order valence-electron chi connectivity index (χ2n) is 4.70. The van der Waals surface area contributed by atoms with Crippen molar-refractivity contribution in [3.05, 3.63) is 34.9 Å². The van der Waals surface area contributed by atoms with E-state index in [2.05, 4.69) is 24.5 Å². The van der Waals surface area contributed by atoms with Crippen LogP contribution in [-0.2, 0) is 10.2 Å². The van der Waals surface area contributed by atoms with Gasteiger partial charge < -0.3 is 10.6 Å². The van der Waals surface area contributed by atoms with Gasteiger partial charge in [0, 0.05) is 17.0 Å². The molecule has 2 N–H and O–H groups in total. The second-order valence-corrected chi connectivity index (χ2v) is 5.14. The van der Waals surface area contributed by atoms with Gasteiger partial charge in [-0.05, 0) is 24.7 Å². The van der Waals surface area contributed by atoms with Crippen molar-refractivity contribution in [1.29, 1.82) is 0 Å². The Morgan fingerprint density at radius 1 is 1.39 bits per heavy atom. The fourth-order valence-electron chi connectivity index (χ4n) is 1.55. The van der Waals surface area contributed by atoms with Crippen molar-refractivity contribution in [2.24, 2.45) is 0 Å². The lowest BCUT2D eigenvalue weighted by Crippen LogP contribution is -2.40. The summed E-state index contributed by atoms with van der Waals surface area (Å²) in [4.78, 5) is 11.4. The predicted molar refractivity (Wildman–Crippen MR) is 78.7 cm³/mol. The lowest BCUT2D eigenvalue weighted by atomic mass is 9.84. The third-order valence-electron chi connectivity index (χ3n) is 2.67. The normalized spacial score (nSPS) is 10.7. The summed E-state index contributed by atoms with van der Waals surface area (Å²) in [6.45, 7) is 5.09. The number of likely N-dealkylation sites (N-methyl/N-ethyl adjacent to an activating group) is 1. The maximum atomic E-state index is 11.4. The summed E-state index contributed by atoms with van der Waals surface area (Å²) in [5, 5.41) is 6.44. The Morgan fingerprint density at radius 3 is 2.61 bits per heavy atom. The Morgan fingerprint density at radius 2 is 2.06 bits per heavy atom. The number of halogens is 2. The van der Waals surface area contributed by atoms with E-state index < -0.39 is 0 Å². The molecule has 1 rings (SSSR count). The molecule has 3 nitrogen and oxygen atoms in total. The van der Waals surface area contributed by atoms with Crippen LogP contribution in [0.15, 0.2) is 24.3 Å². The van der Waals surface area contributed by atoms with E-state index in [1.807, 2.05) is 24.3 Å². The summed E-state index contributed by atoms with van der Waals surface area (Å²) >= 11 is 5.97. The van der Waals surface area contributed by atoms with Crippen LogP contribution >= 0.6 is 24.0 Å². The fraction of sp³-hybridized carbons (Fsp3) is 0.462. The number of hydrogen-bond acceptors (Lipinski definition) is 2. The van der Waals surface area contributed by atoms with E-state index >= 15 is 0 Å². The molecule has 18 heavy (non-hydrogen) atoms. The van der Waals surface area contributed by atoms with Gasteiger partial charge in [0.05, 0.1) is 6.54 Å². The largest absolute Gasteiger partial charge is 0.354 e. The number of hydrogen-bond donors (Lipinski definition) is 2. The minimum absolute atomic E-state index is 0. The van der Waals surface area contributed by atoms with Gasteiger partial charge >= 0.3 is 0 Å². The Bertz CT molecular complexity index is 394. The predicted octanol–water partition coefficient (Wildman–Crippen LogP) is 2.38. The molecule has 1 aromatic rings. The summed E-state index contributed by atoms with van der Waals surface area (Å²) in [7, 11) is 1.75. The molecule has 0 unspecified atom stereocenters. The molecule has 0 aliphatic rings. The van der Waals surface area contributed by atoms with Crippen molar-refractivity contribution in [3.63, 3.8) is 0 Å². The topological polar surface area (TPSA) is 41.1 Å². The van der Waals surface area contributed by atoms with Gasteiger partial charge in [-0.2, -0.15) is 0 Å². The minimum atomic E-state index is -0.131. The molecular formula is C13H20Cl2N2O. The van der Waals surface area contributed by atoms with Gasteiger partial charge in [-0.25, -0.2) is 0 Å². The molecule has 1 aromatic carbocycles. The van der Waals surface area contributed by atoms with E-state index in [1.165, 1.54) is 0 Å². The standard InChI is InChI=1S/C13H19ClN2O.ClH/c1-13(2,9-16-12(17)8-15-3)10-5-4-6-11(14)7-10;/h4-7,15H,8-9H2,1-3H3,(H,16,17);1H. The third kappa shape index (κ3) is 5.25. The van der Waals surface area contributed by atoms with Crippen LogP contribution in [0.3, 0.4) is 0 Å². The van der Waals surface area contributed by atoms with E-state index in [1.54, 1.807) is 7.05 Å². The van der Waals surface area contributed by atoms with Crippen molar-refractivity contribution >= 4 is 29.9 Å². The lowest BCUT2D eigenvalue weighted by Gasteiger charge is -2.25. The van der Waals surface area contributed by atoms with Crippen LogP contribution in [0.1, 0.15) is 19.4 Å². The molecule has 1 amide bonds. The molecule has 5 heteroatoms. The molecule has 0 fully saturated rings. The Hall–Kier alpha value is -0.770. The molecule has 102 valence electrons. The maximum Gasteiger partial charge on any atom is 0.233 e. The van der Waals surface area contributed by atoms with E-state index in [4.69, 9.17) is 11.6 Å². The van der Waals surface area contributed by atoms with Crippen LogP contribution in [0.5, 0.6) is 0 Å². The smallest absolute Gasteiger partial charge is 0.233 e. The maximum absolute atomic E-state index is 11.4. The zero-order chi connectivity index (χ0) is 12.9. The number of amides is 1. The molecule has 0 aliphatic heterocycles. The summed E-state index contributed by atoms with van der Waals surface area (Å²) < 4.78 is 0. The Balaban J connectivity index is 0.00000289. The molecular weight excluding hydrogens is 271 g/mol. The zero-order valence-corrected chi connectivity index (χ0v) is 12.5. The van der Waals surface area contributed by atoms with Crippen LogP contribution in [0, 0.1) is 0 Å². The summed E-state index contributed by atoms with van der Waals surface area (Å²) in [5.41, 5.74) is 0.989. The molecule has 0 bridgehead atoms. The summed E-state index contributed by atoms with van der Waals surface area (Å²) in [6, 6.07) is 7.73. The Labute approximate surface area is 120 Å². The quantitative estimate of drug-likeness (QED) is 0.874. The minimum Gasteiger partial charge on any atom is -0.354 e. The van der Waals surface area contributed by atoms with Crippen LogP contribution in [0.4, 0.5) is 0 Å². The second kappa shape index (κ2) is 7.62. The van der Waals surface area contributed by atoms with Crippen molar-refractivity contribution in [2.45, 2.75) is 19.3 Å². The van der Waals surface area contributed by atoms with Gasteiger partial charge in [0.25, 0.3) is 0 Å². The number of benzene rings is 1. The molecule has 0 atom stereocenters. The lowest BCUT2D eigenvalue weighted by molar-refractivity contribution is -0.120. The van der Waals surface area contributed by atoms with Gasteiger partial charge in [0.1, 0.15) is 0 Å². The first kappa shape index (κ1) is 17.2. The molecule has 0 saturated heterocycles. The van der Waals surface area contributed by atoms with Gasteiger partial charge in [0.2, 0.25) is 5.91 Å². The molecule has 0 radical (unpaired) electrons. The van der Waals surface area contributed by atoms with E-state index in [0.29, 0.717) is 13.1 Å². The van der Waals surface area contributed by atoms with Crippen molar-refractivity contribution in [2.75, 3.05) is 20.1 Å². The fourth-order valence-corrected chi connectivity index (χ4v) is 1.74. The molecule has 0 saturated carbocycles. The SMILES string of the molecule is CNCC(=O)NCC(C)(C)c1cccc(Cl)c1.Cl. The van der Waals surface area contributed by atoms with Crippen LogP contribution in [-0.4, -0.2) is 26.0 Å². The van der Waals surface area contributed by atoms with Crippen LogP contribution in [0.2, 0.25) is 5.02 Å². The van der Waals surface area contributed by atoms with Crippen molar-refractivity contribution in [3.8, 4) is 0 Å². The van der Waals surface area contributed by atoms with Crippen molar-refractivity contribution < 1.29 is 4.79 Å². The van der Waals surface area contributed by atoms with Gasteiger partial charge in [-0.15, -0.1) is 12.4 Å². The van der Waals surface area contributed by atoms with Gasteiger partial charge in [-0.3, -0.25) is 4.79 Å². The van der Waals surface area contributed by atoms with E-state index in [0.717, 1.165) is 10.6 Å². The Kier molecular flexibility index (Phi) is 7.29. The number of nitrogens with one attached hydrogen (secondary N) is 2. The summed E-state index contributed by atoms with van der Waals surface area (Å²) in [5.74, 6) is 0.00241. The average Bonchev–Trinajstić information content (AvgIpc) is 2.27. The highest BCUT2D eigenvalue weighted by Gasteiger charge is 2.21. The van der Waals surface area contributed by atoms with E-state index in [9.17, 15) is 4.79 Å². The monoisotopic (exact) mass is 290 g/mol. The van der Waals surface area contributed by atoms with Gasteiger partial charge in [0.15, 0.2) is 0 Å². The number of carbonyl (C=O) groups is 1. The highest BCUT2D eigenvalue weighted by Crippen LogP contribution is 2.24. The van der Waals surface area contributed by atoms with Crippen LogP contribution < -0.4 is 10.6 Å². The first-order valence-corrected chi connectivity index (χ1v) is 6.01. The average molecular weight is 291 g/mol. The van der Waals surface area contributed by atoms with Crippen LogP contribution in [0.25, 0.3) is 0 Å². The third-order valence-corrected chi connectivity index (χ3v) is 2.91. The van der Waals surface area contributed by atoms with Gasteiger partial charge in [-0.1, -0.05) is 37.6 Å². The zero-order valence-electron chi connectivity index (χ0n) is 10.9. The highest BCUT2D eigenvalue weighted by molar-refractivity contribution is 6.30. The summed E-state index contributed by atoms with van der Waals surface area (Å²) in [6.07, 6.45) is 0. The number of rotatable bonds is 5. The molecule has 0 aliphatic carbocycles. The van der Waals surface area contributed by atoms with Crippen molar-refractivity contribution in [1.82, 2.24) is 10.6 Å². The number of carbonyl (C=O) groups excluding carboxylic acids is 1. The molecule has 0 spiro atoms.